The topological polar surface area (TPSA) is 41.1 Å². The van der Waals surface area contributed by atoms with Crippen molar-refractivity contribution in [3.05, 3.63) is 29.8 Å². The van der Waals surface area contributed by atoms with Crippen molar-refractivity contribution in [3.8, 4) is 0 Å². The van der Waals surface area contributed by atoms with Crippen LogP contribution in [-0.4, -0.2) is 18.5 Å². The third-order valence-corrected chi connectivity index (χ3v) is 3.64. The lowest BCUT2D eigenvalue weighted by atomic mass is 10.1. The Morgan fingerprint density at radius 3 is 2.33 bits per heavy atom. The molecule has 1 aromatic carbocycles. The van der Waals surface area contributed by atoms with Crippen molar-refractivity contribution in [3.63, 3.8) is 0 Å². The normalized spacial score (nSPS) is 12.0. The van der Waals surface area contributed by atoms with Crippen LogP contribution in [0.25, 0.3) is 0 Å². The fraction of sp³-hybridized carbons (Fsp3) is 0.611. The quantitative estimate of drug-likeness (QED) is 0.618. The number of hydrogen-bond acceptors (Lipinski definition) is 2. The molecule has 1 unspecified atom stereocenters. The Balaban J connectivity index is 2.32. The summed E-state index contributed by atoms with van der Waals surface area (Å²) in [5.41, 5.74) is 1.80. The van der Waals surface area contributed by atoms with Gasteiger partial charge in [0.25, 0.3) is 5.91 Å². The van der Waals surface area contributed by atoms with Crippen molar-refractivity contribution in [1.82, 2.24) is 5.32 Å². The first-order chi connectivity index (χ1) is 10.2. The molecule has 0 fully saturated rings. The zero-order chi connectivity index (χ0) is 15.5. The standard InChI is InChI=1S/C18H30N2O/c1-4-6-7-8-9-10-15(3)20-17-13-11-16(12-14-17)18(21)19-5-2/h11-15,20H,4-10H2,1-3H3,(H,19,21). The first-order valence-electron chi connectivity index (χ1n) is 8.32. The average molecular weight is 290 g/mol. The molecule has 0 aliphatic heterocycles. The Hall–Kier alpha value is -1.51. The minimum absolute atomic E-state index is 0.00646. The van der Waals surface area contributed by atoms with Crippen LogP contribution in [0, 0.1) is 0 Å². The summed E-state index contributed by atoms with van der Waals surface area (Å²) in [6, 6.07) is 8.20. The van der Waals surface area contributed by atoms with E-state index in [0.29, 0.717) is 12.6 Å². The van der Waals surface area contributed by atoms with E-state index in [1.54, 1.807) is 0 Å². The number of unbranched alkanes of at least 4 members (excludes halogenated alkanes) is 4. The smallest absolute Gasteiger partial charge is 0.251 e. The monoisotopic (exact) mass is 290 g/mol. The number of benzene rings is 1. The minimum atomic E-state index is -0.00646. The lowest BCUT2D eigenvalue weighted by molar-refractivity contribution is 0.0956. The van der Waals surface area contributed by atoms with Gasteiger partial charge in [0.2, 0.25) is 0 Å². The highest BCUT2D eigenvalue weighted by Gasteiger charge is 2.05. The fourth-order valence-electron chi connectivity index (χ4n) is 2.39. The molecule has 0 heterocycles. The Kier molecular flexibility index (Phi) is 8.56. The zero-order valence-corrected chi connectivity index (χ0v) is 13.7. The predicted molar refractivity (Wildman–Crippen MR) is 90.9 cm³/mol. The second kappa shape index (κ2) is 10.3. The number of carbonyl (C=O) groups is 1. The number of nitrogens with one attached hydrogen (secondary N) is 2. The van der Waals surface area contributed by atoms with Gasteiger partial charge in [0.15, 0.2) is 0 Å². The van der Waals surface area contributed by atoms with E-state index in [-0.39, 0.29) is 5.91 Å². The van der Waals surface area contributed by atoms with E-state index in [1.165, 1.54) is 38.5 Å². The van der Waals surface area contributed by atoms with Crippen molar-refractivity contribution in [1.29, 1.82) is 0 Å². The van der Waals surface area contributed by atoms with Crippen molar-refractivity contribution < 1.29 is 4.79 Å². The van der Waals surface area contributed by atoms with E-state index >= 15 is 0 Å². The summed E-state index contributed by atoms with van der Waals surface area (Å²) in [5.74, 6) is -0.00646. The van der Waals surface area contributed by atoms with Crippen LogP contribution >= 0.6 is 0 Å². The first kappa shape index (κ1) is 17.5. The summed E-state index contributed by atoms with van der Waals surface area (Å²) in [7, 11) is 0. The van der Waals surface area contributed by atoms with E-state index in [0.717, 1.165) is 11.3 Å². The Bertz CT molecular complexity index is 400. The molecule has 0 saturated carbocycles. The van der Waals surface area contributed by atoms with E-state index in [9.17, 15) is 4.79 Å². The van der Waals surface area contributed by atoms with Gasteiger partial charge in [-0.15, -0.1) is 0 Å². The van der Waals surface area contributed by atoms with Crippen LogP contribution < -0.4 is 10.6 Å². The number of amides is 1. The molecule has 1 aromatic rings. The fourth-order valence-corrected chi connectivity index (χ4v) is 2.39. The van der Waals surface area contributed by atoms with Crippen LogP contribution in [-0.2, 0) is 0 Å². The molecule has 0 aliphatic carbocycles. The van der Waals surface area contributed by atoms with Crippen molar-refractivity contribution in [2.24, 2.45) is 0 Å². The molecule has 2 N–H and O–H groups in total. The summed E-state index contributed by atoms with van der Waals surface area (Å²) in [5, 5.41) is 6.31. The van der Waals surface area contributed by atoms with Gasteiger partial charge in [-0.1, -0.05) is 39.0 Å². The molecule has 1 amide bonds. The van der Waals surface area contributed by atoms with Crippen LogP contribution in [0.1, 0.15) is 69.7 Å². The second-order valence-electron chi connectivity index (χ2n) is 5.69. The molecule has 118 valence electrons. The Labute approximate surface area is 129 Å². The van der Waals surface area contributed by atoms with Crippen LogP contribution in [0.5, 0.6) is 0 Å². The maximum atomic E-state index is 11.7. The highest BCUT2D eigenvalue weighted by molar-refractivity contribution is 5.94. The van der Waals surface area contributed by atoms with Gasteiger partial charge in [0.1, 0.15) is 0 Å². The van der Waals surface area contributed by atoms with Crippen LogP contribution in [0.4, 0.5) is 5.69 Å². The number of anilines is 1. The second-order valence-corrected chi connectivity index (χ2v) is 5.69. The van der Waals surface area contributed by atoms with Crippen LogP contribution in [0.2, 0.25) is 0 Å². The van der Waals surface area contributed by atoms with E-state index < -0.39 is 0 Å². The summed E-state index contributed by atoms with van der Waals surface area (Å²) >= 11 is 0. The lowest BCUT2D eigenvalue weighted by Gasteiger charge is -2.15. The van der Waals surface area contributed by atoms with Gasteiger partial charge in [-0.05, 0) is 44.5 Å². The van der Waals surface area contributed by atoms with Crippen molar-refractivity contribution in [2.45, 2.75) is 65.3 Å². The van der Waals surface area contributed by atoms with Gasteiger partial charge in [-0.2, -0.15) is 0 Å². The van der Waals surface area contributed by atoms with Gasteiger partial charge in [0, 0.05) is 23.8 Å². The molecule has 1 rings (SSSR count). The lowest BCUT2D eigenvalue weighted by Crippen LogP contribution is -2.22. The van der Waals surface area contributed by atoms with Gasteiger partial charge in [-0.25, -0.2) is 0 Å². The van der Waals surface area contributed by atoms with Gasteiger partial charge in [-0.3, -0.25) is 4.79 Å². The third kappa shape index (κ3) is 7.16. The predicted octanol–water partition coefficient (Wildman–Crippen LogP) is 4.60. The van der Waals surface area contributed by atoms with Gasteiger partial charge in [0.05, 0.1) is 0 Å². The Morgan fingerprint density at radius 2 is 1.71 bits per heavy atom. The number of hydrogen-bond donors (Lipinski definition) is 2. The molecule has 0 aliphatic rings. The summed E-state index contributed by atoms with van der Waals surface area (Å²) < 4.78 is 0. The summed E-state index contributed by atoms with van der Waals surface area (Å²) in [6.07, 6.45) is 7.81. The van der Waals surface area contributed by atoms with E-state index in [2.05, 4.69) is 24.5 Å². The summed E-state index contributed by atoms with van der Waals surface area (Å²) in [6.45, 7) is 7.05. The van der Waals surface area contributed by atoms with Gasteiger partial charge < -0.3 is 10.6 Å². The number of rotatable bonds is 10. The molecule has 0 saturated heterocycles. The number of carbonyl (C=O) groups excluding carboxylic acids is 1. The maximum absolute atomic E-state index is 11.7. The average Bonchev–Trinajstić information content (AvgIpc) is 2.48. The first-order valence-corrected chi connectivity index (χ1v) is 8.32. The van der Waals surface area contributed by atoms with E-state index in [4.69, 9.17) is 0 Å². The maximum Gasteiger partial charge on any atom is 0.251 e. The zero-order valence-electron chi connectivity index (χ0n) is 13.7. The Morgan fingerprint density at radius 1 is 1.05 bits per heavy atom. The molecule has 21 heavy (non-hydrogen) atoms. The van der Waals surface area contributed by atoms with Crippen molar-refractivity contribution in [2.75, 3.05) is 11.9 Å². The van der Waals surface area contributed by atoms with Crippen molar-refractivity contribution >= 4 is 11.6 Å². The summed E-state index contributed by atoms with van der Waals surface area (Å²) in [4.78, 5) is 11.7. The minimum Gasteiger partial charge on any atom is -0.383 e. The molecule has 0 bridgehead atoms. The molecule has 3 nitrogen and oxygen atoms in total. The molecular formula is C18H30N2O. The SMILES string of the molecule is CCCCCCCC(C)Nc1ccc(C(=O)NCC)cc1. The van der Waals surface area contributed by atoms with Crippen LogP contribution in [0.15, 0.2) is 24.3 Å². The molecule has 0 radical (unpaired) electrons. The molecule has 1 atom stereocenters. The molecular weight excluding hydrogens is 260 g/mol. The highest BCUT2D eigenvalue weighted by Crippen LogP contribution is 2.14. The molecule has 0 spiro atoms. The largest absolute Gasteiger partial charge is 0.383 e. The van der Waals surface area contributed by atoms with E-state index in [1.807, 2.05) is 31.2 Å². The third-order valence-electron chi connectivity index (χ3n) is 3.64. The molecule has 3 heteroatoms. The van der Waals surface area contributed by atoms with Crippen LogP contribution in [0.3, 0.4) is 0 Å². The highest BCUT2D eigenvalue weighted by atomic mass is 16.1. The molecule has 0 aromatic heterocycles. The van der Waals surface area contributed by atoms with Gasteiger partial charge >= 0.3 is 0 Å².